The molecule has 1 aliphatic rings. The molecular weight excluding hydrogens is 308 g/mol. The van der Waals surface area contributed by atoms with Crippen LogP contribution in [0.3, 0.4) is 0 Å². The van der Waals surface area contributed by atoms with E-state index >= 15 is 0 Å². The first-order valence-corrected chi connectivity index (χ1v) is 8.21. The minimum atomic E-state index is -0.685. The Hall–Kier alpha value is -1.96. The molecule has 1 fully saturated rings. The van der Waals surface area contributed by atoms with Crippen LogP contribution in [0.2, 0.25) is 0 Å². The zero-order chi connectivity index (χ0) is 17.2. The van der Waals surface area contributed by atoms with E-state index in [2.05, 4.69) is 14.9 Å². The Morgan fingerprint density at radius 3 is 2.38 bits per heavy atom. The number of nitrogens with zero attached hydrogens (tertiary/aromatic N) is 4. The molecule has 0 amide bonds. The minimum Gasteiger partial charge on any atom is -0.389 e. The molecule has 24 heavy (non-hydrogen) atoms. The summed E-state index contributed by atoms with van der Waals surface area (Å²) in [4.78, 5) is 16.4. The first-order chi connectivity index (χ1) is 11.4. The van der Waals surface area contributed by atoms with Crippen LogP contribution in [0.1, 0.15) is 13.8 Å². The Morgan fingerprint density at radius 2 is 1.75 bits per heavy atom. The lowest BCUT2D eigenvalue weighted by Gasteiger charge is -2.36. The van der Waals surface area contributed by atoms with Crippen LogP contribution >= 0.6 is 0 Å². The van der Waals surface area contributed by atoms with E-state index in [9.17, 15) is 9.90 Å². The molecule has 1 N–H and O–H groups in total. The van der Waals surface area contributed by atoms with Crippen molar-refractivity contribution in [2.75, 3.05) is 32.7 Å². The van der Waals surface area contributed by atoms with Gasteiger partial charge in [-0.25, -0.2) is 4.79 Å². The molecule has 2 aromatic rings. The average Bonchev–Trinajstić information content (AvgIpc) is 2.90. The minimum absolute atomic E-state index is 0.348. The molecule has 7 nitrogen and oxygen atoms in total. The Balaban J connectivity index is 1.60. The van der Waals surface area contributed by atoms with E-state index in [1.165, 1.54) is 4.68 Å². The van der Waals surface area contributed by atoms with Crippen molar-refractivity contribution in [1.29, 1.82) is 0 Å². The van der Waals surface area contributed by atoms with Gasteiger partial charge in [-0.1, -0.05) is 18.2 Å². The van der Waals surface area contributed by atoms with Gasteiger partial charge in [0.05, 0.1) is 5.60 Å². The van der Waals surface area contributed by atoms with Gasteiger partial charge >= 0.3 is 5.76 Å². The smallest absolute Gasteiger partial charge is 0.389 e. The number of hydrogen-bond acceptors (Lipinski definition) is 6. The van der Waals surface area contributed by atoms with Crippen LogP contribution in [0.25, 0.3) is 11.5 Å². The van der Waals surface area contributed by atoms with Gasteiger partial charge in [0.15, 0.2) is 0 Å². The highest BCUT2D eigenvalue weighted by atomic mass is 16.4. The zero-order valence-electron chi connectivity index (χ0n) is 14.2. The lowest BCUT2D eigenvalue weighted by atomic mass is 10.1. The van der Waals surface area contributed by atoms with E-state index in [4.69, 9.17) is 4.42 Å². The molecular formula is C17H24N4O3. The molecule has 1 aliphatic heterocycles. The summed E-state index contributed by atoms with van der Waals surface area (Å²) in [7, 11) is 0. The number of piperazine rings is 1. The maximum absolute atomic E-state index is 12.0. The highest BCUT2D eigenvalue weighted by Crippen LogP contribution is 2.14. The van der Waals surface area contributed by atoms with E-state index < -0.39 is 11.4 Å². The van der Waals surface area contributed by atoms with E-state index in [1.807, 2.05) is 44.2 Å². The summed E-state index contributed by atoms with van der Waals surface area (Å²) in [6.45, 7) is 8.10. The van der Waals surface area contributed by atoms with Crippen LogP contribution in [0.5, 0.6) is 0 Å². The number of β-amino-alcohol motifs (C(OH)–C–C–N with tert-alkyl or cyclic N) is 1. The lowest BCUT2D eigenvalue weighted by molar-refractivity contribution is 0.0121. The Labute approximate surface area is 141 Å². The first kappa shape index (κ1) is 16.9. The molecule has 0 radical (unpaired) electrons. The number of aliphatic hydroxyl groups is 1. The predicted octanol–water partition coefficient (Wildman–Crippen LogP) is 0.849. The van der Waals surface area contributed by atoms with Gasteiger partial charge in [-0.05, 0) is 26.0 Å². The molecule has 7 heteroatoms. The van der Waals surface area contributed by atoms with Crippen molar-refractivity contribution in [2.45, 2.75) is 26.1 Å². The lowest BCUT2D eigenvalue weighted by Crippen LogP contribution is -2.51. The predicted molar refractivity (Wildman–Crippen MR) is 90.5 cm³/mol. The molecule has 3 rings (SSSR count). The molecule has 0 spiro atoms. The van der Waals surface area contributed by atoms with Crippen molar-refractivity contribution in [1.82, 2.24) is 19.6 Å². The Kier molecular flexibility index (Phi) is 4.84. The van der Waals surface area contributed by atoms with Crippen molar-refractivity contribution in [3.8, 4) is 11.5 Å². The fourth-order valence-electron chi connectivity index (χ4n) is 2.92. The molecule has 1 saturated heterocycles. The summed E-state index contributed by atoms with van der Waals surface area (Å²) >= 11 is 0. The van der Waals surface area contributed by atoms with Crippen LogP contribution in [0.4, 0.5) is 0 Å². The second-order valence-corrected chi connectivity index (χ2v) is 6.89. The summed E-state index contributed by atoms with van der Waals surface area (Å²) in [5.41, 5.74) is 0.110. The molecule has 0 saturated carbocycles. The summed E-state index contributed by atoms with van der Waals surface area (Å²) < 4.78 is 6.62. The fourth-order valence-corrected chi connectivity index (χ4v) is 2.92. The molecule has 0 atom stereocenters. The van der Waals surface area contributed by atoms with Gasteiger partial charge in [0.1, 0.15) is 6.67 Å². The molecule has 0 bridgehead atoms. The van der Waals surface area contributed by atoms with Gasteiger partial charge in [-0.3, -0.25) is 9.80 Å². The molecule has 1 aromatic heterocycles. The highest BCUT2D eigenvalue weighted by molar-refractivity contribution is 5.51. The molecule has 1 aromatic carbocycles. The topological polar surface area (TPSA) is 74.7 Å². The maximum atomic E-state index is 12.0. The van der Waals surface area contributed by atoms with Gasteiger partial charge in [0, 0.05) is 38.3 Å². The molecule has 2 heterocycles. The first-order valence-electron chi connectivity index (χ1n) is 8.21. The van der Waals surface area contributed by atoms with Gasteiger partial charge in [-0.2, -0.15) is 4.68 Å². The second-order valence-electron chi connectivity index (χ2n) is 6.89. The standard InChI is InChI=1S/C17H24N4O3/c1-17(2,23)12-19-8-10-20(11-9-19)13-21-16(22)24-15(18-21)14-6-4-3-5-7-14/h3-7,23H,8-13H2,1-2H3. The SMILES string of the molecule is CC(C)(O)CN1CCN(Cn2nc(-c3ccccc3)oc2=O)CC1. The summed E-state index contributed by atoms with van der Waals surface area (Å²) in [5, 5.41) is 14.2. The largest absolute Gasteiger partial charge is 0.438 e. The van der Waals surface area contributed by atoms with Crippen molar-refractivity contribution in [2.24, 2.45) is 0 Å². The fraction of sp³-hybridized carbons (Fsp3) is 0.529. The van der Waals surface area contributed by atoms with Crippen LogP contribution < -0.4 is 5.76 Å². The number of hydrogen-bond donors (Lipinski definition) is 1. The molecule has 0 aliphatic carbocycles. The van der Waals surface area contributed by atoms with Gasteiger partial charge in [-0.15, -0.1) is 5.10 Å². The average molecular weight is 332 g/mol. The third kappa shape index (κ3) is 4.31. The number of aromatic nitrogens is 2. The van der Waals surface area contributed by atoms with Crippen molar-refractivity contribution < 1.29 is 9.52 Å². The van der Waals surface area contributed by atoms with Crippen LogP contribution in [0, 0.1) is 0 Å². The number of rotatable bonds is 5. The maximum Gasteiger partial charge on any atom is 0.438 e. The van der Waals surface area contributed by atoms with Crippen molar-refractivity contribution >= 4 is 0 Å². The normalized spacial score (nSPS) is 17.3. The third-order valence-electron chi connectivity index (χ3n) is 4.04. The van der Waals surface area contributed by atoms with Gasteiger partial charge in [0.25, 0.3) is 0 Å². The van der Waals surface area contributed by atoms with E-state index in [0.29, 0.717) is 19.1 Å². The monoisotopic (exact) mass is 332 g/mol. The summed E-state index contributed by atoms with van der Waals surface area (Å²) in [6.07, 6.45) is 0. The summed E-state index contributed by atoms with van der Waals surface area (Å²) in [5.74, 6) is -0.0889. The van der Waals surface area contributed by atoms with Crippen LogP contribution in [0.15, 0.2) is 39.5 Å². The molecule has 0 unspecified atom stereocenters. The quantitative estimate of drug-likeness (QED) is 0.875. The van der Waals surface area contributed by atoms with Crippen molar-refractivity contribution in [3.63, 3.8) is 0 Å². The van der Waals surface area contributed by atoms with Crippen LogP contribution in [-0.2, 0) is 6.67 Å². The van der Waals surface area contributed by atoms with E-state index in [0.717, 1.165) is 31.7 Å². The highest BCUT2D eigenvalue weighted by Gasteiger charge is 2.23. The van der Waals surface area contributed by atoms with Gasteiger partial charge in [0.2, 0.25) is 5.89 Å². The Bertz CT molecular complexity index is 709. The zero-order valence-corrected chi connectivity index (χ0v) is 14.2. The molecule has 130 valence electrons. The second kappa shape index (κ2) is 6.88. The third-order valence-corrected chi connectivity index (χ3v) is 4.04. The number of benzene rings is 1. The van der Waals surface area contributed by atoms with Crippen LogP contribution in [-0.4, -0.2) is 63.0 Å². The summed E-state index contributed by atoms with van der Waals surface area (Å²) in [6, 6.07) is 9.41. The Morgan fingerprint density at radius 1 is 1.12 bits per heavy atom. The van der Waals surface area contributed by atoms with E-state index in [1.54, 1.807) is 0 Å². The van der Waals surface area contributed by atoms with E-state index in [-0.39, 0.29) is 0 Å². The van der Waals surface area contributed by atoms with Gasteiger partial charge < -0.3 is 9.52 Å². The van der Waals surface area contributed by atoms with Crippen molar-refractivity contribution in [3.05, 3.63) is 40.9 Å².